The van der Waals surface area contributed by atoms with E-state index in [0.717, 1.165) is 5.56 Å². The number of ether oxygens (including phenoxy) is 1. The number of rotatable bonds is 6. The lowest BCUT2D eigenvalue weighted by atomic mass is 10.2. The van der Waals surface area contributed by atoms with Gasteiger partial charge in [0.05, 0.1) is 12.6 Å². The van der Waals surface area contributed by atoms with Crippen molar-refractivity contribution >= 4 is 17.7 Å². The van der Waals surface area contributed by atoms with Gasteiger partial charge in [-0.3, -0.25) is 9.69 Å². The van der Waals surface area contributed by atoms with E-state index in [4.69, 9.17) is 9.84 Å². The highest BCUT2D eigenvalue weighted by atomic mass is 16.5. The monoisotopic (exact) mass is 280 g/mol. The standard InChI is InChI=1S/C14H20N2O4/c1-10-4-6-12(7-5-10)16(8-13(17)18)14(19)15-11(2)9-20-3/h4-7,11H,8-9H2,1-3H3,(H,15,19)(H,17,18). The van der Waals surface area contributed by atoms with Crippen LogP contribution >= 0.6 is 0 Å². The minimum Gasteiger partial charge on any atom is -0.480 e. The first-order valence-corrected chi connectivity index (χ1v) is 6.29. The third kappa shape index (κ3) is 4.89. The Morgan fingerprint density at radius 1 is 1.35 bits per heavy atom. The van der Waals surface area contributed by atoms with Gasteiger partial charge < -0.3 is 15.2 Å². The molecule has 2 N–H and O–H groups in total. The number of aliphatic carboxylic acids is 1. The van der Waals surface area contributed by atoms with Gasteiger partial charge in [0.1, 0.15) is 6.54 Å². The van der Waals surface area contributed by atoms with Crippen molar-refractivity contribution in [3.8, 4) is 0 Å². The predicted octanol–water partition coefficient (Wildman–Crippen LogP) is 1.63. The summed E-state index contributed by atoms with van der Waals surface area (Å²) in [6, 6.07) is 6.44. The number of carboxylic acid groups (broad SMARTS) is 1. The number of carbonyl (C=O) groups excluding carboxylic acids is 1. The van der Waals surface area contributed by atoms with Crippen LogP contribution in [0.25, 0.3) is 0 Å². The first kappa shape index (κ1) is 16.0. The molecule has 110 valence electrons. The fourth-order valence-corrected chi connectivity index (χ4v) is 1.72. The van der Waals surface area contributed by atoms with E-state index in [2.05, 4.69) is 5.32 Å². The summed E-state index contributed by atoms with van der Waals surface area (Å²) in [5, 5.41) is 11.6. The van der Waals surface area contributed by atoms with Gasteiger partial charge >= 0.3 is 12.0 Å². The molecule has 1 rings (SSSR count). The van der Waals surface area contributed by atoms with Crippen molar-refractivity contribution in [2.24, 2.45) is 0 Å². The Morgan fingerprint density at radius 2 is 1.95 bits per heavy atom. The normalized spacial score (nSPS) is 11.8. The maximum Gasteiger partial charge on any atom is 0.323 e. The minimum absolute atomic E-state index is 0.200. The van der Waals surface area contributed by atoms with Crippen LogP contribution in [0.5, 0.6) is 0 Å². The number of carbonyl (C=O) groups is 2. The highest BCUT2D eigenvalue weighted by molar-refractivity contribution is 5.96. The SMILES string of the molecule is COCC(C)NC(=O)N(CC(=O)O)c1ccc(C)cc1. The number of hydrogen-bond donors (Lipinski definition) is 2. The van der Waals surface area contributed by atoms with Crippen LogP contribution in [0.2, 0.25) is 0 Å². The second kappa shape index (κ2) is 7.49. The molecule has 1 aromatic carbocycles. The quantitative estimate of drug-likeness (QED) is 0.830. The summed E-state index contributed by atoms with van der Waals surface area (Å²) in [6.07, 6.45) is 0. The summed E-state index contributed by atoms with van der Waals surface area (Å²) >= 11 is 0. The molecule has 20 heavy (non-hydrogen) atoms. The molecule has 0 aliphatic carbocycles. The van der Waals surface area contributed by atoms with E-state index in [9.17, 15) is 9.59 Å². The van der Waals surface area contributed by atoms with Crippen molar-refractivity contribution in [3.05, 3.63) is 29.8 Å². The molecule has 0 aromatic heterocycles. The van der Waals surface area contributed by atoms with Gasteiger partial charge in [-0.1, -0.05) is 17.7 Å². The number of methoxy groups -OCH3 is 1. The molecule has 0 saturated carbocycles. The van der Waals surface area contributed by atoms with E-state index in [1.165, 1.54) is 12.0 Å². The van der Waals surface area contributed by atoms with Crippen LogP contribution in [0.15, 0.2) is 24.3 Å². The van der Waals surface area contributed by atoms with Crippen LogP contribution in [-0.4, -0.2) is 43.4 Å². The van der Waals surface area contributed by atoms with Gasteiger partial charge in [-0.05, 0) is 26.0 Å². The Balaban J connectivity index is 2.85. The summed E-state index contributed by atoms with van der Waals surface area (Å²) in [6.45, 7) is 3.68. The number of amides is 2. The van der Waals surface area contributed by atoms with E-state index in [1.807, 2.05) is 19.1 Å². The Hall–Kier alpha value is -2.08. The Bertz CT molecular complexity index is 459. The highest BCUT2D eigenvalue weighted by Crippen LogP contribution is 2.15. The second-order valence-corrected chi connectivity index (χ2v) is 4.62. The van der Waals surface area contributed by atoms with Gasteiger partial charge in [-0.25, -0.2) is 4.79 Å². The molecular weight excluding hydrogens is 260 g/mol. The van der Waals surface area contributed by atoms with Crippen LogP contribution in [0, 0.1) is 6.92 Å². The van der Waals surface area contributed by atoms with Crippen LogP contribution in [0.3, 0.4) is 0 Å². The summed E-state index contributed by atoms with van der Waals surface area (Å²) in [4.78, 5) is 24.3. The number of aryl methyl sites for hydroxylation is 1. The molecule has 0 spiro atoms. The van der Waals surface area contributed by atoms with Gasteiger partial charge in [0.15, 0.2) is 0 Å². The van der Waals surface area contributed by atoms with Gasteiger partial charge in [0.25, 0.3) is 0 Å². The van der Waals surface area contributed by atoms with Crippen molar-refractivity contribution in [1.82, 2.24) is 5.32 Å². The van der Waals surface area contributed by atoms with E-state index in [-0.39, 0.29) is 6.04 Å². The van der Waals surface area contributed by atoms with E-state index in [0.29, 0.717) is 12.3 Å². The summed E-state index contributed by atoms with van der Waals surface area (Å²) < 4.78 is 4.94. The minimum atomic E-state index is -1.07. The number of benzene rings is 1. The van der Waals surface area contributed by atoms with E-state index >= 15 is 0 Å². The van der Waals surface area contributed by atoms with Crippen molar-refractivity contribution in [2.45, 2.75) is 19.9 Å². The number of hydrogen-bond acceptors (Lipinski definition) is 3. The third-order valence-electron chi connectivity index (χ3n) is 2.67. The van der Waals surface area contributed by atoms with Crippen LogP contribution < -0.4 is 10.2 Å². The molecular formula is C14H20N2O4. The average molecular weight is 280 g/mol. The number of anilines is 1. The molecule has 0 saturated heterocycles. The zero-order valence-corrected chi connectivity index (χ0v) is 11.9. The lowest BCUT2D eigenvalue weighted by Gasteiger charge is -2.23. The van der Waals surface area contributed by atoms with Gasteiger partial charge in [-0.2, -0.15) is 0 Å². The Kier molecular flexibility index (Phi) is 5.99. The fourth-order valence-electron chi connectivity index (χ4n) is 1.72. The summed E-state index contributed by atoms with van der Waals surface area (Å²) in [5.74, 6) is -1.07. The number of nitrogens with one attached hydrogen (secondary N) is 1. The lowest BCUT2D eigenvalue weighted by molar-refractivity contribution is -0.135. The smallest absolute Gasteiger partial charge is 0.323 e. The summed E-state index contributed by atoms with van der Waals surface area (Å²) in [7, 11) is 1.54. The van der Waals surface area contributed by atoms with E-state index in [1.54, 1.807) is 19.1 Å². The molecule has 0 aliphatic rings. The van der Waals surface area contributed by atoms with Crippen LogP contribution in [0.1, 0.15) is 12.5 Å². The molecule has 2 amide bonds. The molecule has 0 heterocycles. The Labute approximate surface area is 118 Å². The third-order valence-corrected chi connectivity index (χ3v) is 2.67. The molecule has 1 atom stereocenters. The van der Waals surface area contributed by atoms with Crippen LogP contribution in [-0.2, 0) is 9.53 Å². The molecule has 6 heteroatoms. The van der Waals surface area contributed by atoms with Gasteiger partial charge in [0.2, 0.25) is 0 Å². The van der Waals surface area contributed by atoms with Crippen molar-refractivity contribution in [3.63, 3.8) is 0 Å². The average Bonchev–Trinajstić information content (AvgIpc) is 2.37. The number of nitrogens with zero attached hydrogens (tertiary/aromatic N) is 1. The van der Waals surface area contributed by atoms with Crippen molar-refractivity contribution in [2.75, 3.05) is 25.2 Å². The largest absolute Gasteiger partial charge is 0.480 e. The molecule has 0 aliphatic heterocycles. The van der Waals surface area contributed by atoms with E-state index < -0.39 is 18.5 Å². The first-order chi connectivity index (χ1) is 9.43. The first-order valence-electron chi connectivity index (χ1n) is 6.29. The maximum atomic E-state index is 12.1. The molecule has 0 bridgehead atoms. The molecule has 0 fully saturated rings. The maximum absolute atomic E-state index is 12.1. The molecule has 6 nitrogen and oxygen atoms in total. The fraction of sp³-hybridized carbons (Fsp3) is 0.429. The summed E-state index contributed by atoms with van der Waals surface area (Å²) in [5.41, 5.74) is 1.58. The van der Waals surface area contributed by atoms with Crippen molar-refractivity contribution in [1.29, 1.82) is 0 Å². The second-order valence-electron chi connectivity index (χ2n) is 4.62. The number of carboxylic acids is 1. The van der Waals surface area contributed by atoms with Crippen molar-refractivity contribution < 1.29 is 19.4 Å². The lowest BCUT2D eigenvalue weighted by Crippen LogP contribution is -2.47. The highest BCUT2D eigenvalue weighted by Gasteiger charge is 2.20. The predicted molar refractivity (Wildman–Crippen MR) is 76.0 cm³/mol. The molecule has 1 unspecified atom stereocenters. The van der Waals surface area contributed by atoms with Gasteiger partial charge in [-0.15, -0.1) is 0 Å². The van der Waals surface area contributed by atoms with Crippen LogP contribution in [0.4, 0.5) is 10.5 Å². The number of urea groups is 1. The topological polar surface area (TPSA) is 78.9 Å². The zero-order valence-electron chi connectivity index (χ0n) is 11.9. The molecule has 0 radical (unpaired) electrons. The molecule has 1 aromatic rings. The van der Waals surface area contributed by atoms with Gasteiger partial charge in [0, 0.05) is 12.8 Å². The zero-order chi connectivity index (χ0) is 15.1. The Morgan fingerprint density at radius 3 is 2.45 bits per heavy atom.